The SMILES string of the molecule is COc1cc(C2C(C(=O)C=Cc3ccccc3)=C(O)C(=O)N2c2nc3ccc(C)cc3s2)ccc1O. The van der Waals surface area contributed by atoms with Crippen molar-refractivity contribution in [3.8, 4) is 11.5 Å². The molecule has 8 heteroatoms. The second-order valence-electron chi connectivity index (χ2n) is 8.35. The van der Waals surface area contributed by atoms with Crippen molar-refractivity contribution in [1.29, 1.82) is 0 Å². The standard InChI is InChI=1S/C28H22N2O5S/c1-16-8-11-19-23(14-16)36-28(29-19)30-25(18-10-13-20(31)22(15-18)35-2)24(26(33)27(30)34)21(32)12-9-17-6-4-3-5-7-17/h3-15,25,31,33H,1-2H3. The first-order valence-electron chi connectivity index (χ1n) is 11.2. The largest absolute Gasteiger partial charge is 0.504 e. The van der Waals surface area contributed by atoms with Crippen LogP contribution in [0, 0.1) is 6.92 Å². The molecule has 0 radical (unpaired) electrons. The van der Waals surface area contributed by atoms with Gasteiger partial charge in [-0.1, -0.05) is 59.9 Å². The van der Waals surface area contributed by atoms with Gasteiger partial charge in [0.25, 0.3) is 5.91 Å². The van der Waals surface area contributed by atoms with Gasteiger partial charge in [0.15, 0.2) is 28.2 Å². The minimum Gasteiger partial charge on any atom is -0.504 e. The van der Waals surface area contributed by atoms with Crippen molar-refractivity contribution in [2.24, 2.45) is 0 Å². The van der Waals surface area contributed by atoms with Crippen molar-refractivity contribution in [2.45, 2.75) is 13.0 Å². The summed E-state index contributed by atoms with van der Waals surface area (Å²) in [6, 6.07) is 18.6. The maximum Gasteiger partial charge on any atom is 0.296 e. The average molecular weight is 499 g/mol. The molecule has 2 heterocycles. The number of benzene rings is 3. The number of carbonyl (C=O) groups is 2. The van der Waals surface area contributed by atoms with Crippen molar-refractivity contribution in [3.05, 3.63) is 101 Å². The molecule has 1 unspecified atom stereocenters. The molecule has 1 amide bonds. The van der Waals surface area contributed by atoms with Gasteiger partial charge < -0.3 is 14.9 Å². The summed E-state index contributed by atoms with van der Waals surface area (Å²) < 4.78 is 6.14. The van der Waals surface area contributed by atoms with Crippen LogP contribution < -0.4 is 9.64 Å². The highest BCUT2D eigenvalue weighted by Crippen LogP contribution is 2.45. The maximum absolute atomic E-state index is 13.4. The van der Waals surface area contributed by atoms with E-state index in [2.05, 4.69) is 4.98 Å². The predicted molar refractivity (Wildman–Crippen MR) is 139 cm³/mol. The highest BCUT2D eigenvalue weighted by molar-refractivity contribution is 7.22. The van der Waals surface area contributed by atoms with Crippen LogP contribution in [-0.4, -0.2) is 34.0 Å². The van der Waals surface area contributed by atoms with E-state index in [0.29, 0.717) is 16.2 Å². The first-order valence-corrected chi connectivity index (χ1v) is 12.0. The van der Waals surface area contributed by atoms with Crippen LogP contribution in [0.1, 0.15) is 22.7 Å². The summed E-state index contributed by atoms with van der Waals surface area (Å²) in [5.74, 6) is -1.78. The van der Waals surface area contributed by atoms with Gasteiger partial charge in [0.2, 0.25) is 0 Å². The van der Waals surface area contributed by atoms with Crippen molar-refractivity contribution in [2.75, 3.05) is 12.0 Å². The third-order valence-corrected chi connectivity index (χ3v) is 6.98. The zero-order valence-corrected chi connectivity index (χ0v) is 20.3. The number of rotatable bonds is 6. The molecular formula is C28H22N2O5S. The number of thiazole rings is 1. The number of amides is 1. The first kappa shape index (κ1) is 23.3. The second-order valence-corrected chi connectivity index (χ2v) is 9.36. The predicted octanol–water partition coefficient (Wildman–Crippen LogP) is 5.50. The Labute approximate surface area is 211 Å². The zero-order chi connectivity index (χ0) is 25.4. The number of nitrogens with zero attached hydrogens (tertiary/aromatic N) is 2. The van der Waals surface area contributed by atoms with E-state index >= 15 is 0 Å². The number of aliphatic hydroxyl groups excluding tert-OH is 1. The smallest absolute Gasteiger partial charge is 0.296 e. The lowest BCUT2D eigenvalue weighted by Crippen LogP contribution is -2.30. The molecule has 5 rings (SSSR count). The lowest BCUT2D eigenvalue weighted by atomic mass is 9.95. The van der Waals surface area contributed by atoms with Crippen LogP contribution in [0.4, 0.5) is 5.13 Å². The number of fused-ring (bicyclic) bond motifs is 1. The molecule has 4 aromatic rings. The van der Waals surface area contributed by atoms with Crippen LogP contribution in [-0.2, 0) is 9.59 Å². The van der Waals surface area contributed by atoms with E-state index in [0.717, 1.165) is 15.8 Å². The molecule has 1 aliphatic heterocycles. The number of aromatic nitrogens is 1. The molecule has 0 aliphatic carbocycles. The van der Waals surface area contributed by atoms with E-state index < -0.39 is 23.5 Å². The highest BCUT2D eigenvalue weighted by Gasteiger charge is 2.45. The number of phenols is 1. The van der Waals surface area contributed by atoms with E-state index in [1.165, 1.54) is 35.5 Å². The molecule has 0 fully saturated rings. The lowest BCUT2D eigenvalue weighted by Gasteiger charge is -2.24. The van der Waals surface area contributed by atoms with Crippen LogP contribution in [0.15, 0.2) is 84.1 Å². The van der Waals surface area contributed by atoms with Crippen LogP contribution in [0.2, 0.25) is 0 Å². The third-order valence-electron chi connectivity index (χ3n) is 5.96. The molecule has 36 heavy (non-hydrogen) atoms. The number of methoxy groups -OCH3 is 1. The van der Waals surface area contributed by atoms with Crippen LogP contribution in [0.3, 0.4) is 0 Å². The lowest BCUT2D eigenvalue weighted by molar-refractivity contribution is -0.117. The van der Waals surface area contributed by atoms with Gasteiger partial charge in [-0.2, -0.15) is 0 Å². The van der Waals surface area contributed by atoms with E-state index in [9.17, 15) is 19.8 Å². The summed E-state index contributed by atoms with van der Waals surface area (Å²) in [5, 5.41) is 21.4. The monoisotopic (exact) mass is 498 g/mol. The van der Waals surface area contributed by atoms with E-state index in [1.807, 2.05) is 55.5 Å². The topological polar surface area (TPSA) is 100.0 Å². The molecule has 1 atom stereocenters. The highest BCUT2D eigenvalue weighted by atomic mass is 32.1. The van der Waals surface area contributed by atoms with E-state index in [1.54, 1.807) is 18.2 Å². The summed E-state index contributed by atoms with van der Waals surface area (Å²) in [6.45, 7) is 1.97. The molecule has 3 aromatic carbocycles. The number of aryl methyl sites for hydroxylation is 1. The Hall–Kier alpha value is -4.43. The molecule has 7 nitrogen and oxygen atoms in total. The van der Waals surface area contributed by atoms with Gasteiger partial charge in [0.1, 0.15) is 0 Å². The number of allylic oxidation sites excluding steroid dienone is 1. The minimum atomic E-state index is -0.971. The summed E-state index contributed by atoms with van der Waals surface area (Å²) >= 11 is 1.30. The van der Waals surface area contributed by atoms with Gasteiger partial charge in [-0.15, -0.1) is 0 Å². The average Bonchev–Trinajstić information content (AvgIpc) is 3.41. The zero-order valence-electron chi connectivity index (χ0n) is 19.5. The number of phenolic OH excluding ortho intramolecular Hbond substituents is 1. The van der Waals surface area contributed by atoms with Crippen LogP contribution in [0.5, 0.6) is 11.5 Å². The van der Waals surface area contributed by atoms with Gasteiger partial charge in [-0.3, -0.25) is 14.5 Å². The molecule has 0 spiro atoms. The van der Waals surface area contributed by atoms with Crippen molar-refractivity contribution < 1.29 is 24.5 Å². The first-order chi connectivity index (χ1) is 17.4. The van der Waals surface area contributed by atoms with E-state index in [-0.39, 0.29) is 17.1 Å². The minimum absolute atomic E-state index is 0.0737. The second kappa shape index (κ2) is 9.31. The Balaban J connectivity index is 1.63. The summed E-state index contributed by atoms with van der Waals surface area (Å²) in [7, 11) is 1.41. The fraction of sp³-hybridized carbons (Fsp3) is 0.107. The number of hydrogen-bond acceptors (Lipinski definition) is 7. The number of ether oxygens (including phenoxy) is 1. The molecular weight excluding hydrogens is 476 g/mol. The number of ketones is 1. The number of hydrogen-bond donors (Lipinski definition) is 2. The fourth-order valence-corrected chi connectivity index (χ4v) is 5.27. The molecule has 180 valence electrons. The summed E-state index contributed by atoms with van der Waals surface area (Å²) in [4.78, 5) is 32.7. The Morgan fingerprint density at radius 2 is 1.86 bits per heavy atom. The number of aliphatic hydroxyl groups is 1. The van der Waals surface area contributed by atoms with Gasteiger partial charge in [-0.05, 0) is 54.0 Å². The van der Waals surface area contributed by atoms with Crippen molar-refractivity contribution in [3.63, 3.8) is 0 Å². The van der Waals surface area contributed by atoms with Crippen molar-refractivity contribution >= 4 is 44.5 Å². The fourth-order valence-electron chi connectivity index (χ4n) is 4.18. The Bertz CT molecular complexity index is 1550. The molecule has 2 N–H and O–H groups in total. The van der Waals surface area contributed by atoms with Crippen LogP contribution in [0.25, 0.3) is 16.3 Å². The quantitative estimate of drug-likeness (QED) is 0.341. The molecule has 0 saturated heterocycles. The summed E-state index contributed by atoms with van der Waals surface area (Å²) in [5.41, 5.74) is 2.97. The molecule has 0 bridgehead atoms. The number of aromatic hydroxyl groups is 1. The Kier molecular flexibility index (Phi) is 6.03. The maximum atomic E-state index is 13.4. The summed E-state index contributed by atoms with van der Waals surface area (Å²) in [6.07, 6.45) is 2.97. The molecule has 0 saturated carbocycles. The van der Waals surface area contributed by atoms with Crippen molar-refractivity contribution in [1.82, 2.24) is 4.98 Å². The van der Waals surface area contributed by atoms with Gasteiger partial charge in [-0.25, -0.2) is 4.98 Å². The normalized spacial score (nSPS) is 15.9. The van der Waals surface area contributed by atoms with Crippen LogP contribution >= 0.6 is 11.3 Å². The number of carbonyl (C=O) groups excluding carboxylic acids is 2. The van der Waals surface area contributed by atoms with E-state index in [4.69, 9.17) is 4.74 Å². The third kappa shape index (κ3) is 4.12. The molecule has 1 aromatic heterocycles. The molecule has 1 aliphatic rings. The number of anilines is 1. The van der Waals surface area contributed by atoms with Gasteiger partial charge in [0.05, 0.1) is 28.9 Å². The Morgan fingerprint density at radius 1 is 1.08 bits per heavy atom. The van der Waals surface area contributed by atoms with Gasteiger partial charge in [0, 0.05) is 0 Å². The van der Waals surface area contributed by atoms with Gasteiger partial charge >= 0.3 is 0 Å². The Morgan fingerprint density at radius 3 is 2.61 bits per heavy atom.